The van der Waals surface area contributed by atoms with Crippen LogP contribution in [0, 0.1) is 0 Å². The second-order valence-corrected chi connectivity index (χ2v) is 4.76. The molecule has 0 fully saturated rings. The van der Waals surface area contributed by atoms with Crippen molar-refractivity contribution in [1.29, 1.82) is 0 Å². The molecule has 1 aromatic heterocycles. The smallest absolute Gasteiger partial charge is 0.247 e. The number of anilines is 3. The molecule has 1 aliphatic rings. The van der Waals surface area contributed by atoms with Gasteiger partial charge >= 0.3 is 0 Å². The van der Waals surface area contributed by atoms with Gasteiger partial charge in [-0.1, -0.05) is 29.8 Å². The molecule has 0 bridgehead atoms. The lowest BCUT2D eigenvalue weighted by Crippen LogP contribution is -2.44. The Morgan fingerprint density at radius 1 is 1.21 bits per heavy atom. The minimum absolute atomic E-state index is 0.0551. The van der Waals surface area contributed by atoms with Gasteiger partial charge in [0.05, 0.1) is 5.69 Å². The Kier molecular flexibility index (Phi) is 2.87. The molecular formula is C14H12ClN3O. The van der Waals surface area contributed by atoms with Crippen molar-refractivity contribution in [2.24, 2.45) is 0 Å². The lowest BCUT2D eigenvalue weighted by Gasteiger charge is -2.35. The van der Waals surface area contributed by atoms with Crippen LogP contribution in [0.5, 0.6) is 0 Å². The Hall–Kier alpha value is -2.07. The molecule has 0 saturated heterocycles. The zero-order chi connectivity index (χ0) is 13.4. The van der Waals surface area contributed by atoms with Gasteiger partial charge < -0.3 is 10.2 Å². The van der Waals surface area contributed by atoms with Gasteiger partial charge in [-0.2, -0.15) is 0 Å². The maximum Gasteiger partial charge on any atom is 0.247 e. The Labute approximate surface area is 116 Å². The third kappa shape index (κ3) is 2.04. The van der Waals surface area contributed by atoms with E-state index in [9.17, 15) is 4.79 Å². The molecule has 19 heavy (non-hydrogen) atoms. The van der Waals surface area contributed by atoms with E-state index in [2.05, 4.69) is 10.3 Å². The van der Waals surface area contributed by atoms with Gasteiger partial charge in [0.1, 0.15) is 11.2 Å². The van der Waals surface area contributed by atoms with Gasteiger partial charge in [-0.25, -0.2) is 4.98 Å². The number of halogens is 1. The third-order valence-corrected chi connectivity index (χ3v) is 3.34. The molecule has 1 amide bonds. The summed E-state index contributed by atoms with van der Waals surface area (Å²) in [5.74, 6) is 0.617. The number of carbonyl (C=O) groups excluding carboxylic acids is 1. The monoisotopic (exact) mass is 273 g/mol. The van der Waals surface area contributed by atoms with Crippen LogP contribution >= 0.6 is 11.6 Å². The normalized spacial score (nSPS) is 17.9. The van der Waals surface area contributed by atoms with Gasteiger partial charge in [-0.15, -0.1) is 0 Å². The molecule has 96 valence electrons. The molecule has 4 nitrogen and oxygen atoms in total. The van der Waals surface area contributed by atoms with Crippen LogP contribution in [0.15, 0.2) is 42.5 Å². The average Bonchev–Trinajstić information content (AvgIpc) is 2.42. The van der Waals surface area contributed by atoms with Crippen molar-refractivity contribution in [3.8, 4) is 0 Å². The molecule has 0 spiro atoms. The second kappa shape index (κ2) is 4.55. The standard InChI is InChI=1S/C14H12ClN3O/c1-9-14(19)16-11-7-8-12(15)17-13(11)18(9)10-5-3-2-4-6-10/h2-9H,1H3,(H,16,19)/t9-/m1/s1. The number of nitrogens with zero attached hydrogens (tertiary/aromatic N) is 2. The van der Waals surface area contributed by atoms with Crippen molar-refractivity contribution >= 4 is 34.7 Å². The van der Waals surface area contributed by atoms with Crippen LogP contribution in [0.2, 0.25) is 5.15 Å². The summed E-state index contributed by atoms with van der Waals surface area (Å²) in [5.41, 5.74) is 1.59. The predicted octanol–water partition coefficient (Wildman–Crippen LogP) is 3.21. The maximum absolute atomic E-state index is 12.0. The quantitative estimate of drug-likeness (QED) is 0.812. The van der Waals surface area contributed by atoms with Crippen LogP contribution in [-0.2, 0) is 4.79 Å². The van der Waals surface area contributed by atoms with E-state index >= 15 is 0 Å². The first-order chi connectivity index (χ1) is 9.16. The van der Waals surface area contributed by atoms with Gasteiger partial charge in [-0.3, -0.25) is 4.79 Å². The molecule has 1 aromatic carbocycles. The van der Waals surface area contributed by atoms with Crippen molar-refractivity contribution in [2.45, 2.75) is 13.0 Å². The molecule has 1 atom stereocenters. The summed E-state index contributed by atoms with van der Waals surface area (Å²) in [7, 11) is 0. The lowest BCUT2D eigenvalue weighted by atomic mass is 10.1. The highest BCUT2D eigenvalue weighted by atomic mass is 35.5. The summed E-state index contributed by atoms with van der Waals surface area (Å²) < 4.78 is 0. The van der Waals surface area contributed by atoms with Crippen molar-refractivity contribution in [2.75, 3.05) is 10.2 Å². The van der Waals surface area contributed by atoms with E-state index in [0.717, 1.165) is 5.69 Å². The fourth-order valence-electron chi connectivity index (χ4n) is 2.18. The molecule has 2 heterocycles. The van der Waals surface area contributed by atoms with Crippen LogP contribution in [0.3, 0.4) is 0 Å². The number of nitrogens with one attached hydrogen (secondary N) is 1. The number of rotatable bonds is 1. The predicted molar refractivity (Wildman–Crippen MR) is 75.9 cm³/mol. The van der Waals surface area contributed by atoms with Crippen LogP contribution < -0.4 is 10.2 Å². The summed E-state index contributed by atoms with van der Waals surface area (Å²) in [4.78, 5) is 18.2. The summed E-state index contributed by atoms with van der Waals surface area (Å²) in [6, 6.07) is 12.8. The van der Waals surface area contributed by atoms with E-state index in [1.54, 1.807) is 12.1 Å². The summed E-state index contributed by atoms with van der Waals surface area (Å²) >= 11 is 5.96. The first-order valence-electron chi connectivity index (χ1n) is 5.98. The molecule has 3 rings (SSSR count). The van der Waals surface area contributed by atoms with Crippen molar-refractivity contribution in [1.82, 2.24) is 4.98 Å². The molecule has 0 saturated carbocycles. The van der Waals surface area contributed by atoms with Crippen LogP contribution in [0.25, 0.3) is 0 Å². The number of benzene rings is 1. The van der Waals surface area contributed by atoms with Gasteiger partial charge in [-0.05, 0) is 31.2 Å². The average molecular weight is 274 g/mol. The molecular weight excluding hydrogens is 262 g/mol. The molecule has 0 unspecified atom stereocenters. The Bertz CT molecular complexity index is 630. The number of hydrogen-bond acceptors (Lipinski definition) is 3. The minimum Gasteiger partial charge on any atom is -0.321 e. The SMILES string of the molecule is C[C@@H]1C(=O)Nc2ccc(Cl)nc2N1c1ccccc1. The van der Waals surface area contributed by atoms with Gasteiger partial charge in [0, 0.05) is 5.69 Å². The van der Waals surface area contributed by atoms with Crippen LogP contribution in [0.1, 0.15) is 6.92 Å². The number of para-hydroxylation sites is 1. The number of amides is 1. The van der Waals surface area contributed by atoms with Crippen LogP contribution in [0.4, 0.5) is 17.2 Å². The summed E-state index contributed by atoms with van der Waals surface area (Å²) in [5, 5.41) is 3.24. The first-order valence-corrected chi connectivity index (χ1v) is 6.36. The molecule has 2 aromatic rings. The lowest BCUT2D eigenvalue weighted by molar-refractivity contribution is -0.117. The fourth-order valence-corrected chi connectivity index (χ4v) is 2.32. The topological polar surface area (TPSA) is 45.2 Å². The van der Waals surface area contributed by atoms with E-state index in [-0.39, 0.29) is 11.9 Å². The first kappa shape index (κ1) is 12.0. The number of aromatic nitrogens is 1. The van der Waals surface area contributed by atoms with E-state index in [1.165, 1.54) is 0 Å². The maximum atomic E-state index is 12.0. The van der Waals surface area contributed by atoms with Crippen molar-refractivity contribution in [3.05, 3.63) is 47.6 Å². The Morgan fingerprint density at radius 3 is 2.68 bits per heavy atom. The van der Waals surface area contributed by atoms with E-state index in [0.29, 0.717) is 16.7 Å². The Balaban J connectivity index is 2.17. The second-order valence-electron chi connectivity index (χ2n) is 4.38. The van der Waals surface area contributed by atoms with Crippen molar-refractivity contribution in [3.63, 3.8) is 0 Å². The molecule has 5 heteroatoms. The zero-order valence-corrected chi connectivity index (χ0v) is 11.1. The largest absolute Gasteiger partial charge is 0.321 e. The number of fused-ring (bicyclic) bond motifs is 1. The number of hydrogen-bond donors (Lipinski definition) is 1. The van der Waals surface area contributed by atoms with E-state index in [4.69, 9.17) is 11.6 Å². The van der Waals surface area contributed by atoms with Gasteiger partial charge in [0.15, 0.2) is 5.82 Å². The van der Waals surface area contributed by atoms with Gasteiger partial charge in [0.2, 0.25) is 5.91 Å². The zero-order valence-electron chi connectivity index (χ0n) is 10.3. The molecule has 0 radical (unpaired) electrons. The van der Waals surface area contributed by atoms with Crippen LogP contribution in [-0.4, -0.2) is 16.9 Å². The fraction of sp³-hybridized carbons (Fsp3) is 0.143. The molecule has 1 N–H and O–H groups in total. The van der Waals surface area contributed by atoms with Crippen molar-refractivity contribution < 1.29 is 4.79 Å². The highest BCUT2D eigenvalue weighted by Gasteiger charge is 2.31. The minimum atomic E-state index is -0.333. The molecule has 0 aliphatic carbocycles. The number of pyridine rings is 1. The summed E-state index contributed by atoms with van der Waals surface area (Å²) in [6.45, 7) is 1.84. The van der Waals surface area contributed by atoms with E-state index in [1.807, 2.05) is 42.2 Å². The highest BCUT2D eigenvalue weighted by Crippen LogP contribution is 2.36. The summed E-state index contributed by atoms with van der Waals surface area (Å²) in [6.07, 6.45) is 0. The third-order valence-electron chi connectivity index (χ3n) is 3.13. The molecule has 1 aliphatic heterocycles. The van der Waals surface area contributed by atoms with E-state index < -0.39 is 0 Å². The Morgan fingerprint density at radius 2 is 1.95 bits per heavy atom. The number of carbonyl (C=O) groups is 1. The highest BCUT2D eigenvalue weighted by molar-refractivity contribution is 6.29. The van der Waals surface area contributed by atoms with Gasteiger partial charge in [0.25, 0.3) is 0 Å².